The molecular formula is C33H47IO7. The quantitative estimate of drug-likeness (QED) is 0.195. The average Bonchev–Trinajstić information content (AvgIpc) is 3.25. The SMILES string of the molecule is COC(=O)CC[C@@H](C)[C@H]1CC[C@H]2[C@H]3[C@H](CC[C@]12C)[C@@]1(C)CC[C@](O)(OC(=O)Cc2cccc(I)c2)CC1CC3(O)O. The van der Waals surface area contributed by atoms with E-state index < -0.39 is 17.5 Å². The lowest BCUT2D eigenvalue weighted by molar-refractivity contribution is -0.321. The van der Waals surface area contributed by atoms with Crippen LogP contribution in [0.3, 0.4) is 0 Å². The highest BCUT2D eigenvalue weighted by molar-refractivity contribution is 14.1. The van der Waals surface area contributed by atoms with E-state index in [1.807, 2.05) is 24.3 Å². The highest BCUT2D eigenvalue weighted by atomic mass is 127. The van der Waals surface area contributed by atoms with Crippen LogP contribution in [0, 0.1) is 49.9 Å². The molecule has 228 valence electrons. The van der Waals surface area contributed by atoms with Crippen LogP contribution in [0.1, 0.15) is 90.5 Å². The Morgan fingerprint density at radius 1 is 1.00 bits per heavy atom. The molecule has 0 aromatic heterocycles. The molecule has 0 heterocycles. The minimum Gasteiger partial charge on any atom is -0.469 e. The monoisotopic (exact) mass is 682 g/mol. The molecule has 5 rings (SSSR count). The molecule has 0 spiro atoms. The zero-order valence-corrected chi connectivity index (χ0v) is 27.1. The summed E-state index contributed by atoms with van der Waals surface area (Å²) in [4.78, 5) is 24.6. The Labute approximate surface area is 257 Å². The van der Waals surface area contributed by atoms with Crippen molar-refractivity contribution in [2.75, 3.05) is 7.11 Å². The van der Waals surface area contributed by atoms with E-state index in [-0.39, 0.29) is 59.7 Å². The fourth-order valence-corrected chi connectivity index (χ4v) is 10.6. The van der Waals surface area contributed by atoms with E-state index in [4.69, 9.17) is 9.47 Å². The second-order valence-corrected chi connectivity index (χ2v) is 15.5. The summed E-state index contributed by atoms with van der Waals surface area (Å²) in [5.41, 5.74) is 0.677. The van der Waals surface area contributed by atoms with Gasteiger partial charge in [0.05, 0.1) is 13.5 Å². The van der Waals surface area contributed by atoms with Gasteiger partial charge in [-0.05, 0) is 119 Å². The molecule has 0 amide bonds. The van der Waals surface area contributed by atoms with Gasteiger partial charge in [-0.2, -0.15) is 0 Å². The zero-order valence-electron chi connectivity index (χ0n) is 24.9. The lowest BCUT2D eigenvalue weighted by Gasteiger charge is -2.64. The number of fused-ring (bicyclic) bond motifs is 5. The number of carbonyl (C=O) groups is 2. The Kier molecular flexibility index (Phi) is 8.65. The predicted molar refractivity (Wildman–Crippen MR) is 162 cm³/mol. The molecular weight excluding hydrogens is 635 g/mol. The number of hydrogen-bond donors (Lipinski definition) is 3. The third kappa shape index (κ3) is 5.84. The van der Waals surface area contributed by atoms with E-state index in [2.05, 4.69) is 43.4 Å². The van der Waals surface area contributed by atoms with Gasteiger partial charge in [0, 0.05) is 35.2 Å². The van der Waals surface area contributed by atoms with Gasteiger partial charge in [0.2, 0.25) is 5.79 Å². The van der Waals surface area contributed by atoms with Crippen molar-refractivity contribution in [2.45, 2.75) is 103 Å². The molecule has 0 saturated heterocycles. The van der Waals surface area contributed by atoms with Crippen LogP contribution in [0.5, 0.6) is 0 Å². The van der Waals surface area contributed by atoms with Crippen molar-refractivity contribution in [3.63, 3.8) is 0 Å². The molecule has 0 radical (unpaired) electrons. The number of carbonyl (C=O) groups excluding carboxylic acids is 2. The van der Waals surface area contributed by atoms with Crippen LogP contribution in [-0.2, 0) is 25.5 Å². The number of halogens is 1. The van der Waals surface area contributed by atoms with Crippen molar-refractivity contribution in [1.82, 2.24) is 0 Å². The highest BCUT2D eigenvalue weighted by Gasteiger charge is 2.67. The van der Waals surface area contributed by atoms with E-state index >= 15 is 0 Å². The third-order valence-electron chi connectivity index (χ3n) is 12.1. The van der Waals surface area contributed by atoms with Gasteiger partial charge in [-0.25, -0.2) is 0 Å². The van der Waals surface area contributed by atoms with Crippen LogP contribution in [0.2, 0.25) is 0 Å². The van der Waals surface area contributed by atoms with Crippen molar-refractivity contribution in [3.05, 3.63) is 33.4 Å². The molecule has 4 fully saturated rings. The van der Waals surface area contributed by atoms with Gasteiger partial charge in [0.15, 0.2) is 5.79 Å². The topological polar surface area (TPSA) is 113 Å². The molecule has 4 aliphatic rings. The van der Waals surface area contributed by atoms with Crippen molar-refractivity contribution in [1.29, 1.82) is 0 Å². The summed E-state index contributed by atoms with van der Waals surface area (Å²) in [5.74, 6) is -3.33. The first-order chi connectivity index (χ1) is 19.2. The van der Waals surface area contributed by atoms with Crippen LogP contribution in [0.15, 0.2) is 24.3 Å². The standard InChI is InChI=1S/C33H47IO7/c1-20(8-11-27(35)40-4)24-9-10-25-29-26(12-13-31(24,25)3)30(2)14-15-32(37,18-22(30)19-33(29,38)39)41-28(36)17-21-6-5-7-23(34)16-21/h5-7,16,20,22,24-26,29,37-39H,8-15,17-19H2,1-4H3/t20-,22?,24-,25+,26+,29+,30+,31-,32+/m1/s1. The first-order valence-electron chi connectivity index (χ1n) is 15.4. The molecule has 1 aromatic rings. The van der Waals surface area contributed by atoms with Gasteiger partial charge in [0.1, 0.15) is 0 Å². The molecule has 0 bridgehead atoms. The molecule has 41 heavy (non-hydrogen) atoms. The van der Waals surface area contributed by atoms with Gasteiger partial charge >= 0.3 is 11.9 Å². The highest BCUT2D eigenvalue weighted by Crippen LogP contribution is 2.70. The Balaban J connectivity index is 1.30. The molecule has 3 N–H and O–H groups in total. The largest absolute Gasteiger partial charge is 0.469 e. The molecule has 1 unspecified atom stereocenters. The summed E-state index contributed by atoms with van der Waals surface area (Å²) in [6, 6.07) is 7.67. The molecule has 4 saturated carbocycles. The maximum atomic E-state index is 12.8. The maximum Gasteiger partial charge on any atom is 0.312 e. The minimum atomic E-state index is -1.84. The van der Waals surface area contributed by atoms with Gasteiger partial charge in [-0.15, -0.1) is 0 Å². The van der Waals surface area contributed by atoms with E-state index in [1.165, 1.54) is 7.11 Å². The van der Waals surface area contributed by atoms with Crippen LogP contribution in [0.4, 0.5) is 0 Å². The Morgan fingerprint density at radius 2 is 1.73 bits per heavy atom. The van der Waals surface area contributed by atoms with Crippen LogP contribution in [-0.4, -0.2) is 45.9 Å². The maximum absolute atomic E-state index is 12.8. The predicted octanol–water partition coefficient (Wildman–Crippen LogP) is 5.60. The third-order valence-corrected chi connectivity index (χ3v) is 12.8. The summed E-state index contributed by atoms with van der Waals surface area (Å²) < 4.78 is 11.6. The molecule has 8 heteroatoms. The summed E-state index contributed by atoms with van der Waals surface area (Å²) in [6.07, 6.45) is 6.70. The zero-order chi connectivity index (χ0) is 29.8. The summed E-state index contributed by atoms with van der Waals surface area (Å²) >= 11 is 2.21. The first kappa shape index (κ1) is 31.2. The molecule has 1 aromatic carbocycles. The minimum absolute atomic E-state index is 0.00318. The van der Waals surface area contributed by atoms with Gasteiger partial charge in [-0.3, -0.25) is 9.59 Å². The van der Waals surface area contributed by atoms with Gasteiger partial charge in [-0.1, -0.05) is 32.9 Å². The number of methoxy groups -OCH3 is 1. The summed E-state index contributed by atoms with van der Waals surface area (Å²) in [6.45, 7) is 6.85. The number of benzene rings is 1. The number of ether oxygens (including phenoxy) is 2. The van der Waals surface area contributed by atoms with Crippen LogP contribution in [0.25, 0.3) is 0 Å². The summed E-state index contributed by atoms with van der Waals surface area (Å²) in [5, 5.41) is 34.8. The molecule has 4 aliphatic carbocycles. The van der Waals surface area contributed by atoms with Crippen molar-refractivity contribution >= 4 is 34.5 Å². The summed E-state index contributed by atoms with van der Waals surface area (Å²) in [7, 11) is 1.43. The van der Waals surface area contributed by atoms with Gasteiger partial charge < -0.3 is 24.8 Å². The van der Waals surface area contributed by atoms with Crippen LogP contribution >= 0.6 is 22.6 Å². The first-order valence-corrected chi connectivity index (χ1v) is 16.5. The van der Waals surface area contributed by atoms with Crippen LogP contribution < -0.4 is 0 Å². The molecule has 0 aliphatic heterocycles. The number of hydrogen-bond acceptors (Lipinski definition) is 7. The fourth-order valence-electron chi connectivity index (χ4n) is 9.98. The fraction of sp³-hybridized carbons (Fsp3) is 0.758. The smallest absolute Gasteiger partial charge is 0.312 e. The van der Waals surface area contributed by atoms with E-state index in [0.29, 0.717) is 31.1 Å². The Bertz CT molecular complexity index is 1150. The van der Waals surface area contributed by atoms with E-state index in [9.17, 15) is 24.9 Å². The Hall–Kier alpha value is -1.23. The molecule has 9 atom stereocenters. The van der Waals surface area contributed by atoms with E-state index in [0.717, 1.165) is 41.2 Å². The number of esters is 2. The second kappa shape index (κ2) is 11.4. The number of rotatable bonds is 7. The average molecular weight is 683 g/mol. The molecule has 7 nitrogen and oxygen atoms in total. The Morgan fingerprint density at radius 3 is 2.44 bits per heavy atom. The van der Waals surface area contributed by atoms with Gasteiger partial charge in [0.25, 0.3) is 0 Å². The van der Waals surface area contributed by atoms with Crippen molar-refractivity contribution in [2.24, 2.45) is 46.3 Å². The van der Waals surface area contributed by atoms with Crippen molar-refractivity contribution < 1.29 is 34.4 Å². The lowest BCUT2D eigenvalue weighted by Crippen LogP contribution is -2.65. The normalized spacial score (nSPS) is 40.0. The van der Waals surface area contributed by atoms with E-state index in [1.54, 1.807) is 0 Å². The lowest BCUT2D eigenvalue weighted by atomic mass is 9.42. The second-order valence-electron chi connectivity index (χ2n) is 14.3. The number of aliphatic hydroxyl groups is 3. The van der Waals surface area contributed by atoms with Crippen molar-refractivity contribution in [3.8, 4) is 0 Å².